The van der Waals surface area contributed by atoms with Crippen molar-refractivity contribution in [2.75, 3.05) is 42.1 Å². The molecule has 1 fully saturated rings. The number of carbonyl (C=O) groups excluding carboxylic acids is 2. The van der Waals surface area contributed by atoms with Crippen molar-refractivity contribution in [3.63, 3.8) is 0 Å². The van der Waals surface area contributed by atoms with Crippen molar-refractivity contribution in [1.29, 1.82) is 0 Å². The van der Waals surface area contributed by atoms with Gasteiger partial charge >= 0.3 is 0 Å². The number of nitrogens with zero attached hydrogens (tertiary/aromatic N) is 2. The summed E-state index contributed by atoms with van der Waals surface area (Å²) in [5.74, 6) is 0.231. The van der Waals surface area contributed by atoms with E-state index in [9.17, 15) is 9.59 Å². The lowest BCUT2D eigenvalue weighted by Crippen LogP contribution is -2.48. The molecule has 33 heavy (non-hydrogen) atoms. The van der Waals surface area contributed by atoms with Gasteiger partial charge in [0, 0.05) is 47.5 Å². The summed E-state index contributed by atoms with van der Waals surface area (Å²) in [6.07, 6.45) is 0. The number of hydrogen-bond acceptors (Lipinski definition) is 4. The average molecular weight is 500 g/mol. The number of rotatable bonds is 6. The summed E-state index contributed by atoms with van der Waals surface area (Å²) in [6.45, 7) is 2.73. The van der Waals surface area contributed by atoms with E-state index in [0.29, 0.717) is 34.5 Å². The van der Waals surface area contributed by atoms with E-state index in [1.165, 1.54) is 11.8 Å². The standard InChI is InChI=1S/C25H23Cl2N3O2S/c26-18-5-11-21(12-6-18)33-17-24(31)28-19-7-9-20(10-8-19)29-13-15-30(16-14-29)25(32)22-3-1-2-4-23(22)27/h1-12H,13-17H2,(H,28,31). The zero-order chi connectivity index (χ0) is 23.2. The lowest BCUT2D eigenvalue weighted by Gasteiger charge is -2.36. The minimum absolute atomic E-state index is 0.0326. The molecule has 4 rings (SSSR count). The lowest BCUT2D eigenvalue weighted by atomic mass is 10.1. The summed E-state index contributed by atoms with van der Waals surface area (Å²) in [4.78, 5) is 30.1. The van der Waals surface area contributed by atoms with Crippen LogP contribution in [0.25, 0.3) is 0 Å². The summed E-state index contributed by atoms with van der Waals surface area (Å²) in [5, 5.41) is 4.09. The van der Waals surface area contributed by atoms with Crippen LogP contribution in [-0.4, -0.2) is 48.6 Å². The number of benzene rings is 3. The molecule has 2 amide bonds. The lowest BCUT2D eigenvalue weighted by molar-refractivity contribution is -0.113. The third-order valence-electron chi connectivity index (χ3n) is 5.37. The number of nitrogens with one attached hydrogen (secondary N) is 1. The molecule has 0 saturated carbocycles. The number of carbonyl (C=O) groups is 2. The van der Waals surface area contributed by atoms with E-state index in [0.717, 1.165) is 29.4 Å². The molecule has 8 heteroatoms. The van der Waals surface area contributed by atoms with E-state index >= 15 is 0 Å². The van der Waals surface area contributed by atoms with E-state index in [-0.39, 0.29) is 11.8 Å². The highest BCUT2D eigenvalue weighted by Crippen LogP contribution is 2.23. The smallest absolute Gasteiger partial charge is 0.255 e. The SMILES string of the molecule is O=C(CSc1ccc(Cl)cc1)Nc1ccc(N2CCN(C(=O)c3ccccc3Cl)CC2)cc1. The van der Waals surface area contributed by atoms with Gasteiger partial charge < -0.3 is 15.1 Å². The van der Waals surface area contributed by atoms with E-state index in [1.807, 2.05) is 65.6 Å². The van der Waals surface area contributed by atoms with Gasteiger partial charge in [0.05, 0.1) is 16.3 Å². The molecule has 5 nitrogen and oxygen atoms in total. The number of halogens is 2. The zero-order valence-electron chi connectivity index (χ0n) is 17.8. The molecule has 170 valence electrons. The van der Waals surface area contributed by atoms with Crippen LogP contribution in [0.3, 0.4) is 0 Å². The molecule has 3 aromatic rings. The molecule has 1 saturated heterocycles. The number of thioether (sulfide) groups is 1. The Morgan fingerprint density at radius 1 is 0.848 bits per heavy atom. The van der Waals surface area contributed by atoms with Crippen molar-refractivity contribution < 1.29 is 9.59 Å². The van der Waals surface area contributed by atoms with Crippen LogP contribution in [-0.2, 0) is 4.79 Å². The second-order valence-corrected chi connectivity index (χ2v) is 9.49. The molecule has 0 radical (unpaired) electrons. The second-order valence-electron chi connectivity index (χ2n) is 7.60. The fourth-order valence-electron chi connectivity index (χ4n) is 3.61. The fourth-order valence-corrected chi connectivity index (χ4v) is 4.65. The quantitative estimate of drug-likeness (QED) is 0.442. The van der Waals surface area contributed by atoms with Crippen molar-refractivity contribution >= 4 is 58.2 Å². The van der Waals surface area contributed by atoms with Gasteiger partial charge in [-0.3, -0.25) is 9.59 Å². The van der Waals surface area contributed by atoms with Gasteiger partial charge in [0.2, 0.25) is 5.91 Å². The van der Waals surface area contributed by atoms with Crippen LogP contribution in [0.15, 0.2) is 77.7 Å². The molecule has 0 spiro atoms. The highest BCUT2D eigenvalue weighted by atomic mass is 35.5. The first-order valence-corrected chi connectivity index (χ1v) is 12.3. The monoisotopic (exact) mass is 499 g/mol. The summed E-state index contributed by atoms with van der Waals surface area (Å²) >= 11 is 13.5. The largest absolute Gasteiger partial charge is 0.368 e. The minimum atomic E-state index is -0.0607. The molecule has 1 N–H and O–H groups in total. The maximum absolute atomic E-state index is 12.7. The minimum Gasteiger partial charge on any atom is -0.368 e. The van der Waals surface area contributed by atoms with Gasteiger partial charge in [0.15, 0.2) is 0 Å². The Balaban J connectivity index is 1.26. The first kappa shape index (κ1) is 23.5. The highest BCUT2D eigenvalue weighted by Gasteiger charge is 2.23. The predicted octanol–water partition coefficient (Wildman–Crippen LogP) is 5.69. The zero-order valence-corrected chi connectivity index (χ0v) is 20.2. The Hall–Kier alpha value is -2.67. The van der Waals surface area contributed by atoms with Crippen LogP contribution >= 0.6 is 35.0 Å². The van der Waals surface area contributed by atoms with Crippen molar-refractivity contribution in [1.82, 2.24) is 4.90 Å². The average Bonchev–Trinajstić information content (AvgIpc) is 2.84. The van der Waals surface area contributed by atoms with E-state index in [2.05, 4.69) is 10.2 Å². The molecule has 0 aliphatic carbocycles. The van der Waals surface area contributed by atoms with Crippen LogP contribution in [0, 0.1) is 0 Å². The van der Waals surface area contributed by atoms with E-state index in [1.54, 1.807) is 12.1 Å². The van der Waals surface area contributed by atoms with Crippen molar-refractivity contribution in [2.24, 2.45) is 0 Å². The first-order chi connectivity index (χ1) is 16.0. The van der Waals surface area contributed by atoms with Crippen molar-refractivity contribution in [3.05, 3.63) is 88.4 Å². The van der Waals surface area contributed by atoms with Crippen molar-refractivity contribution in [3.8, 4) is 0 Å². The van der Waals surface area contributed by atoms with Gasteiger partial charge in [-0.05, 0) is 60.7 Å². The van der Waals surface area contributed by atoms with E-state index in [4.69, 9.17) is 23.2 Å². The Bertz CT molecular complexity index is 1120. The number of anilines is 2. The maximum Gasteiger partial charge on any atom is 0.255 e. The molecule has 0 atom stereocenters. The summed E-state index contributed by atoms with van der Waals surface area (Å²) in [5.41, 5.74) is 2.36. The summed E-state index contributed by atoms with van der Waals surface area (Å²) in [6, 6.07) is 22.4. The highest BCUT2D eigenvalue weighted by molar-refractivity contribution is 8.00. The Morgan fingerprint density at radius 3 is 2.18 bits per heavy atom. The molecule has 3 aromatic carbocycles. The van der Waals surface area contributed by atoms with Gasteiger partial charge in [-0.1, -0.05) is 35.3 Å². The summed E-state index contributed by atoms with van der Waals surface area (Å²) < 4.78 is 0. The third-order valence-corrected chi connectivity index (χ3v) is 6.96. The molecule has 1 heterocycles. The van der Waals surface area contributed by atoms with Crippen LogP contribution in [0.2, 0.25) is 10.0 Å². The normalized spacial score (nSPS) is 13.6. The molecule has 1 aliphatic heterocycles. The van der Waals surface area contributed by atoms with Crippen molar-refractivity contribution in [2.45, 2.75) is 4.90 Å². The number of hydrogen-bond donors (Lipinski definition) is 1. The second kappa shape index (κ2) is 11.0. The van der Waals surface area contributed by atoms with Gasteiger partial charge in [-0.15, -0.1) is 11.8 Å². The molecule has 1 aliphatic rings. The molecule has 0 aromatic heterocycles. The van der Waals surface area contributed by atoms with Crippen LogP contribution < -0.4 is 10.2 Å². The van der Waals surface area contributed by atoms with Crippen LogP contribution in [0.1, 0.15) is 10.4 Å². The van der Waals surface area contributed by atoms with Gasteiger partial charge in [0.25, 0.3) is 5.91 Å². The van der Waals surface area contributed by atoms with Gasteiger partial charge in [-0.25, -0.2) is 0 Å². The molecule has 0 unspecified atom stereocenters. The molecular weight excluding hydrogens is 477 g/mol. The van der Waals surface area contributed by atoms with E-state index < -0.39 is 0 Å². The number of piperazine rings is 1. The number of amides is 2. The topological polar surface area (TPSA) is 52.7 Å². The first-order valence-electron chi connectivity index (χ1n) is 10.6. The van der Waals surface area contributed by atoms with Crippen LogP contribution in [0.5, 0.6) is 0 Å². The Labute approximate surface area is 207 Å². The summed E-state index contributed by atoms with van der Waals surface area (Å²) in [7, 11) is 0. The van der Waals surface area contributed by atoms with Crippen LogP contribution in [0.4, 0.5) is 11.4 Å². The Kier molecular flexibility index (Phi) is 7.81. The Morgan fingerprint density at radius 2 is 1.52 bits per heavy atom. The van der Waals surface area contributed by atoms with Gasteiger partial charge in [-0.2, -0.15) is 0 Å². The predicted molar refractivity (Wildman–Crippen MR) is 137 cm³/mol. The molecule has 0 bridgehead atoms. The fraction of sp³-hybridized carbons (Fsp3) is 0.200. The van der Waals surface area contributed by atoms with Gasteiger partial charge in [0.1, 0.15) is 0 Å². The maximum atomic E-state index is 12.7. The third kappa shape index (κ3) is 6.22. The molecular formula is C25H23Cl2N3O2S.